The first-order valence-electron chi connectivity index (χ1n) is 4.89. The van der Waals surface area contributed by atoms with Gasteiger partial charge in [-0.1, -0.05) is 46.4 Å². The van der Waals surface area contributed by atoms with Gasteiger partial charge in [0.2, 0.25) is 0 Å². The van der Waals surface area contributed by atoms with Crippen molar-refractivity contribution >= 4 is 46.4 Å². The van der Waals surface area contributed by atoms with Crippen molar-refractivity contribution in [3.63, 3.8) is 0 Å². The van der Waals surface area contributed by atoms with E-state index < -0.39 is 0 Å². The van der Waals surface area contributed by atoms with Crippen molar-refractivity contribution in [1.82, 2.24) is 0 Å². The number of halogens is 4. The molecule has 92 valence electrons. The summed E-state index contributed by atoms with van der Waals surface area (Å²) in [5.41, 5.74) is 0. The summed E-state index contributed by atoms with van der Waals surface area (Å²) >= 11 is 24.1. The number of hydrogen-bond donors (Lipinski definition) is 0. The second-order valence-electron chi connectivity index (χ2n) is 3.58. The quantitative estimate of drug-likeness (QED) is 0.491. The lowest BCUT2D eigenvalue weighted by Crippen LogP contribution is -2.01. The van der Waals surface area contributed by atoms with E-state index in [4.69, 9.17) is 55.9 Å². The zero-order valence-corrected chi connectivity index (χ0v) is 11.7. The van der Waals surface area contributed by atoms with Crippen molar-refractivity contribution < 1.29 is 9.47 Å². The van der Waals surface area contributed by atoms with Crippen LogP contribution in [0.15, 0.2) is 24.3 Å². The molecule has 1 aliphatic rings. The van der Waals surface area contributed by atoms with Crippen LogP contribution in [0, 0.1) is 0 Å². The number of ether oxygens (including phenoxy) is 2. The predicted molar refractivity (Wildman–Crippen MR) is 73.1 cm³/mol. The average Bonchev–Trinajstić information content (AvgIpc) is 2.37. The summed E-state index contributed by atoms with van der Waals surface area (Å²) in [5.74, 6) is 1.34. The van der Waals surface area contributed by atoms with Crippen LogP contribution in [0.25, 0.3) is 0 Å². The second-order valence-corrected chi connectivity index (χ2v) is 5.21. The maximum atomic E-state index is 6.03. The van der Waals surface area contributed by atoms with Crippen LogP contribution in [0.1, 0.15) is 0 Å². The molecule has 2 nitrogen and oxygen atoms in total. The van der Waals surface area contributed by atoms with Gasteiger partial charge in [-0.3, -0.25) is 0 Å². The van der Waals surface area contributed by atoms with E-state index in [0.717, 1.165) is 0 Å². The number of fused-ring (bicyclic) bond motifs is 2. The smallest absolute Gasteiger partial charge is 0.190 e. The van der Waals surface area contributed by atoms with Crippen molar-refractivity contribution in [3.8, 4) is 23.0 Å². The van der Waals surface area contributed by atoms with Crippen LogP contribution < -0.4 is 9.47 Å². The van der Waals surface area contributed by atoms with Gasteiger partial charge in [0.05, 0.1) is 20.1 Å². The molecule has 0 aromatic heterocycles. The molecule has 3 rings (SSSR count). The maximum absolute atomic E-state index is 6.03. The van der Waals surface area contributed by atoms with E-state index in [-0.39, 0.29) is 0 Å². The van der Waals surface area contributed by atoms with Gasteiger partial charge in [-0.05, 0) is 24.3 Å². The Labute approximate surface area is 123 Å². The topological polar surface area (TPSA) is 18.5 Å². The molecular weight excluding hydrogens is 318 g/mol. The minimum Gasteiger partial charge on any atom is -0.446 e. The van der Waals surface area contributed by atoms with Gasteiger partial charge in [-0.25, -0.2) is 0 Å². The fraction of sp³-hybridized carbons (Fsp3) is 0. The fourth-order valence-electron chi connectivity index (χ4n) is 1.61. The minimum atomic E-state index is 0.334. The average molecular weight is 322 g/mol. The van der Waals surface area contributed by atoms with E-state index in [1.54, 1.807) is 24.3 Å². The molecule has 0 amide bonds. The Hall–Kier alpha value is -0.800. The van der Waals surface area contributed by atoms with Gasteiger partial charge < -0.3 is 9.47 Å². The lowest BCUT2D eigenvalue weighted by molar-refractivity contribution is 0.360. The van der Waals surface area contributed by atoms with E-state index in [1.807, 2.05) is 0 Å². The molecule has 0 aliphatic carbocycles. The van der Waals surface area contributed by atoms with Crippen LogP contribution in [0.4, 0.5) is 0 Å². The number of benzene rings is 2. The fourth-order valence-corrected chi connectivity index (χ4v) is 2.36. The van der Waals surface area contributed by atoms with Crippen molar-refractivity contribution in [3.05, 3.63) is 44.4 Å². The van der Waals surface area contributed by atoms with Crippen LogP contribution in [0.5, 0.6) is 23.0 Å². The Morgan fingerprint density at radius 2 is 0.722 bits per heavy atom. The van der Waals surface area contributed by atoms with E-state index in [0.29, 0.717) is 43.1 Å². The van der Waals surface area contributed by atoms with E-state index in [1.165, 1.54) is 0 Å². The van der Waals surface area contributed by atoms with Crippen molar-refractivity contribution in [2.75, 3.05) is 0 Å². The molecule has 0 bridgehead atoms. The van der Waals surface area contributed by atoms with Gasteiger partial charge in [-0.15, -0.1) is 0 Å². The third kappa shape index (κ3) is 1.81. The van der Waals surface area contributed by atoms with Crippen LogP contribution in [0.3, 0.4) is 0 Å². The van der Waals surface area contributed by atoms with Gasteiger partial charge in [0.1, 0.15) is 0 Å². The zero-order chi connectivity index (χ0) is 12.9. The molecular formula is C12H4Cl4O2. The molecule has 2 aromatic carbocycles. The molecule has 0 unspecified atom stereocenters. The van der Waals surface area contributed by atoms with Crippen molar-refractivity contribution in [2.24, 2.45) is 0 Å². The Bertz CT molecular complexity index is 544. The first kappa shape index (κ1) is 12.2. The minimum absolute atomic E-state index is 0.334. The summed E-state index contributed by atoms with van der Waals surface area (Å²) < 4.78 is 11.3. The summed E-state index contributed by atoms with van der Waals surface area (Å²) in [4.78, 5) is 0. The summed E-state index contributed by atoms with van der Waals surface area (Å²) in [6, 6.07) is 6.48. The highest BCUT2D eigenvalue weighted by Gasteiger charge is 2.27. The summed E-state index contributed by atoms with van der Waals surface area (Å²) in [6.45, 7) is 0. The SMILES string of the molecule is Clc1ccc(Cl)c2c1Oc1c(Cl)ccc(Cl)c1O2. The number of rotatable bonds is 0. The Morgan fingerprint density at radius 3 is 0.944 bits per heavy atom. The highest BCUT2D eigenvalue weighted by Crippen LogP contribution is 2.55. The molecule has 1 heterocycles. The highest BCUT2D eigenvalue weighted by atomic mass is 35.5. The Kier molecular flexibility index (Phi) is 2.99. The molecule has 18 heavy (non-hydrogen) atoms. The molecule has 2 aromatic rings. The van der Waals surface area contributed by atoms with Crippen LogP contribution in [0.2, 0.25) is 20.1 Å². The van der Waals surface area contributed by atoms with Crippen LogP contribution in [-0.4, -0.2) is 0 Å². The largest absolute Gasteiger partial charge is 0.446 e. The van der Waals surface area contributed by atoms with Gasteiger partial charge in [-0.2, -0.15) is 0 Å². The third-order valence-electron chi connectivity index (χ3n) is 2.44. The van der Waals surface area contributed by atoms with E-state index in [9.17, 15) is 0 Å². The molecule has 0 saturated heterocycles. The normalized spacial score (nSPS) is 12.2. The first-order chi connectivity index (χ1) is 8.58. The molecule has 0 N–H and O–H groups in total. The summed E-state index contributed by atoms with van der Waals surface area (Å²) in [5, 5.41) is 1.54. The lowest BCUT2D eigenvalue weighted by Gasteiger charge is -2.23. The maximum Gasteiger partial charge on any atom is 0.190 e. The van der Waals surface area contributed by atoms with Gasteiger partial charge in [0.15, 0.2) is 23.0 Å². The van der Waals surface area contributed by atoms with Gasteiger partial charge in [0.25, 0.3) is 0 Å². The summed E-state index contributed by atoms with van der Waals surface area (Å²) in [7, 11) is 0. The van der Waals surface area contributed by atoms with E-state index >= 15 is 0 Å². The van der Waals surface area contributed by atoms with Crippen LogP contribution >= 0.6 is 46.4 Å². The zero-order valence-electron chi connectivity index (χ0n) is 8.64. The lowest BCUT2D eigenvalue weighted by atomic mass is 10.2. The molecule has 0 radical (unpaired) electrons. The van der Waals surface area contributed by atoms with Crippen molar-refractivity contribution in [1.29, 1.82) is 0 Å². The standard InChI is InChI=1S/C12H4Cl4O2/c13-5-1-2-6(14)10-9(5)17-11-7(15)3-4-8(16)12(11)18-10/h1-4H. The molecule has 0 spiro atoms. The van der Waals surface area contributed by atoms with Gasteiger partial charge in [0, 0.05) is 0 Å². The Morgan fingerprint density at radius 1 is 0.500 bits per heavy atom. The molecule has 0 saturated carbocycles. The Balaban J connectivity index is 2.24. The predicted octanol–water partition coefficient (Wildman–Crippen LogP) is 6.20. The monoisotopic (exact) mass is 320 g/mol. The van der Waals surface area contributed by atoms with Gasteiger partial charge >= 0.3 is 0 Å². The third-order valence-corrected chi connectivity index (χ3v) is 3.63. The molecule has 0 fully saturated rings. The van der Waals surface area contributed by atoms with E-state index in [2.05, 4.69) is 0 Å². The highest BCUT2D eigenvalue weighted by molar-refractivity contribution is 6.37. The van der Waals surface area contributed by atoms with Crippen LogP contribution in [-0.2, 0) is 0 Å². The second kappa shape index (κ2) is 4.39. The number of hydrogen-bond acceptors (Lipinski definition) is 2. The summed E-state index contributed by atoms with van der Waals surface area (Å²) in [6.07, 6.45) is 0. The van der Waals surface area contributed by atoms with Crippen molar-refractivity contribution in [2.45, 2.75) is 0 Å². The first-order valence-corrected chi connectivity index (χ1v) is 6.41. The molecule has 1 aliphatic heterocycles. The molecule has 6 heteroatoms. The molecule has 0 atom stereocenters.